The van der Waals surface area contributed by atoms with E-state index in [0.717, 1.165) is 0 Å². The van der Waals surface area contributed by atoms with Gasteiger partial charge in [-0.05, 0) is 48.0 Å². The topological polar surface area (TPSA) is 29.5 Å². The summed E-state index contributed by atoms with van der Waals surface area (Å²) in [4.78, 5) is 13.8. The molecule has 5 heteroatoms. The van der Waals surface area contributed by atoms with Gasteiger partial charge >= 0.3 is 0 Å². The van der Waals surface area contributed by atoms with Crippen molar-refractivity contribution in [2.45, 2.75) is 13.8 Å². The third-order valence-electron chi connectivity index (χ3n) is 2.55. The van der Waals surface area contributed by atoms with Gasteiger partial charge in [-0.2, -0.15) is 0 Å². The Kier molecular flexibility index (Phi) is 6.29. The summed E-state index contributed by atoms with van der Waals surface area (Å²) < 4.78 is 18.9. The predicted molar refractivity (Wildman–Crippen MR) is 72.2 cm³/mol. The molecular weight excluding hydrogens is 301 g/mol. The van der Waals surface area contributed by atoms with Crippen molar-refractivity contribution in [3.8, 4) is 0 Å². The van der Waals surface area contributed by atoms with E-state index in [0.29, 0.717) is 36.3 Å². The zero-order valence-corrected chi connectivity index (χ0v) is 12.2. The SMILES string of the molecule is CCOCCN(CC)C(=O)c1ccc(Br)c(F)c1. The summed E-state index contributed by atoms with van der Waals surface area (Å²) in [5.74, 6) is -0.606. The molecule has 0 aliphatic carbocycles. The number of likely N-dealkylation sites (N-methyl/N-ethyl adjacent to an activating group) is 1. The Morgan fingerprint density at radius 3 is 2.72 bits per heavy atom. The highest BCUT2D eigenvalue weighted by Gasteiger charge is 2.15. The number of hydrogen-bond acceptors (Lipinski definition) is 2. The van der Waals surface area contributed by atoms with Gasteiger partial charge in [-0.1, -0.05) is 0 Å². The molecule has 0 atom stereocenters. The Morgan fingerprint density at radius 1 is 1.44 bits per heavy atom. The number of halogens is 2. The van der Waals surface area contributed by atoms with Crippen LogP contribution in [-0.2, 0) is 4.74 Å². The maximum atomic E-state index is 13.4. The monoisotopic (exact) mass is 317 g/mol. The Morgan fingerprint density at radius 2 is 2.17 bits per heavy atom. The van der Waals surface area contributed by atoms with Crippen LogP contribution in [0.1, 0.15) is 24.2 Å². The lowest BCUT2D eigenvalue weighted by Crippen LogP contribution is -2.33. The van der Waals surface area contributed by atoms with Crippen LogP contribution in [0.4, 0.5) is 4.39 Å². The van der Waals surface area contributed by atoms with Crippen LogP contribution in [0, 0.1) is 5.82 Å². The first-order valence-electron chi connectivity index (χ1n) is 5.92. The fourth-order valence-electron chi connectivity index (χ4n) is 1.53. The molecule has 0 fully saturated rings. The molecular formula is C13H17BrFNO2. The lowest BCUT2D eigenvalue weighted by Gasteiger charge is -2.20. The molecule has 1 aromatic carbocycles. The zero-order chi connectivity index (χ0) is 13.5. The van der Waals surface area contributed by atoms with Gasteiger partial charge < -0.3 is 9.64 Å². The molecule has 0 saturated heterocycles. The van der Waals surface area contributed by atoms with Crippen molar-refractivity contribution in [3.05, 3.63) is 34.1 Å². The molecule has 0 unspecified atom stereocenters. The molecule has 0 N–H and O–H groups in total. The first-order chi connectivity index (χ1) is 8.60. The van der Waals surface area contributed by atoms with Crippen molar-refractivity contribution in [3.63, 3.8) is 0 Å². The van der Waals surface area contributed by atoms with Gasteiger partial charge in [-0.15, -0.1) is 0 Å². The minimum absolute atomic E-state index is 0.177. The van der Waals surface area contributed by atoms with Gasteiger partial charge in [0, 0.05) is 25.3 Å². The highest BCUT2D eigenvalue weighted by Crippen LogP contribution is 2.17. The third-order valence-corrected chi connectivity index (χ3v) is 3.19. The molecule has 18 heavy (non-hydrogen) atoms. The van der Waals surface area contributed by atoms with Crippen LogP contribution in [0.5, 0.6) is 0 Å². The van der Waals surface area contributed by atoms with E-state index < -0.39 is 5.82 Å². The van der Waals surface area contributed by atoms with E-state index in [2.05, 4.69) is 15.9 Å². The van der Waals surface area contributed by atoms with E-state index in [9.17, 15) is 9.18 Å². The second kappa shape index (κ2) is 7.48. The third kappa shape index (κ3) is 4.07. The molecule has 1 rings (SSSR count). The van der Waals surface area contributed by atoms with Gasteiger partial charge in [0.1, 0.15) is 5.82 Å². The molecule has 1 amide bonds. The summed E-state index contributed by atoms with van der Waals surface area (Å²) in [5, 5.41) is 0. The van der Waals surface area contributed by atoms with E-state index in [-0.39, 0.29) is 5.91 Å². The number of ether oxygens (including phenoxy) is 1. The normalized spacial score (nSPS) is 10.4. The minimum atomic E-state index is -0.429. The van der Waals surface area contributed by atoms with E-state index in [1.807, 2.05) is 13.8 Å². The Labute approximate surface area is 115 Å². The summed E-state index contributed by atoms with van der Waals surface area (Å²) in [7, 11) is 0. The lowest BCUT2D eigenvalue weighted by atomic mass is 10.2. The van der Waals surface area contributed by atoms with Crippen LogP contribution in [0.3, 0.4) is 0 Å². The zero-order valence-electron chi connectivity index (χ0n) is 10.6. The standard InChI is InChI=1S/C13H17BrFNO2/c1-3-16(7-8-18-4-2)13(17)10-5-6-11(14)12(15)9-10/h5-6,9H,3-4,7-8H2,1-2H3. The van der Waals surface area contributed by atoms with Crippen molar-refractivity contribution < 1.29 is 13.9 Å². The molecule has 0 heterocycles. The summed E-state index contributed by atoms with van der Waals surface area (Å²) >= 11 is 3.06. The smallest absolute Gasteiger partial charge is 0.254 e. The Hall–Kier alpha value is -0.940. The van der Waals surface area contributed by atoms with Crippen molar-refractivity contribution >= 4 is 21.8 Å². The predicted octanol–water partition coefficient (Wildman–Crippen LogP) is 3.09. The minimum Gasteiger partial charge on any atom is -0.380 e. The van der Waals surface area contributed by atoms with Gasteiger partial charge in [0.15, 0.2) is 0 Å². The fraction of sp³-hybridized carbons (Fsp3) is 0.462. The van der Waals surface area contributed by atoms with Crippen molar-refractivity contribution in [2.75, 3.05) is 26.3 Å². The second-order valence-corrected chi connectivity index (χ2v) is 4.56. The Balaban J connectivity index is 2.73. The number of hydrogen-bond donors (Lipinski definition) is 0. The van der Waals surface area contributed by atoms with Gasteiger partial charge in [-0.25, -0.2) is 4.39 Å². The number of carbonyl (C=O) groups excluding carboxylic acids is 1. The van der Waals surface area contributed by atoms with Crippen LogP contribution in [-0.4, -0.2) is 37.1 Å². The molecule has 0 aromatic heterocycles. The van der Waals surface area contributed by atoms with Gasteiger partial charge in [0.2, 0.25) is 0 Å². The average molecular weight is 318 g/mol. The number of amides is 1. The number of rotatable bonds is 6. The molecule has 100 valence electrons. The molecule has 0 saturated carbocycles. The van der Waals surface area contributed by atoms with E-state index >= 15 is 0 Å². The largest absolute Gasteiger partial charge is 0.380 e. The summed E-state index contributed by atoms with van der Waals surface area (Å²) in [6.07, 6.45) is 0. The first-order valence-corrected chi connectivity index (χ1v) is 6.71. The van der Waals surface area contributed by atoms with E-state index in [1.54, 1.807) is 17.0 Å². The van der Waals surface area contributed by atoms with Crippen LogP contribution in [0.15, 0.2) is 22.7 Å². The van der Waals surface area contributed by atoms with Gasteiger partial charge in [-0.3, -0.25) is 4.79 Å². The maximum Gasteiger partial charge on any atom is 0.254 e. The molecule has 3 nitrogen and oxygen atoms in total. The van der Waals surface area contributed by atoms with Crippen molar-refractivity contribution in [2.24, 2.45) is 0 Å². The highest BCUT2D eigenvalue weighted by molar-refractivity contribution is 9.10. The molecule has 0 spiro atoms. The lowest BCUT2D eigenvalue weighted by molar-refractivity contribution is 0.0668. The molecule has 0 aliphatic heterocycles. The average Bonchev–Trinajstić information content (AvgIpc) is 2.37. The van der Waals surface area contributed by atoms with E-state index in [4.69, 9.17) is 4.74 Å². The van der Waals surface area contributed by atoms with Crippen LogP contribution < -0.4 is 0 Å². The molecule has 0 radical (unpaired) electrons. The van der Waals surface area contributed by atoms with Crippen LogP contribution in [0.2, 0.25) is 0 Å². The molecule has 0 bridgehead atoms. The number of nitrogens with zero attached hydrogens (tertiary/aromatic N) is 1. The summed E-state index contributed by atoms with van der Waals surface area (Å²) in [5.41, 5.74) is 0.356. The quantitative estimate of drug-likeness (QED) is 0.755. The van der Waals surface area contributed by atoms with Crippen molar-refractivity contribution in [1.29, 1.82) is 0 Å². The first kappa shape index (κ1) is 15.1. The van der Waals surface area contributed by atoms with Gasteiger partial charge in [0.05, 0.1) is 11.1 Å². The van der Waals surface area contributed by atoms with Gasteiger partial charge in [0.25, 0.3) is 5.91 Å². The molecule has 1 aromatic rings. The maximum absolute atomic E-state index is 13.4. The second-order valence-electron chi connectivity index (χ2n) is 3.71. The number of benzene rings is 1. The molecule has 0 aliphatic rings. The van der Waals surface area contributed by atoms with Crippen molar-refractivity contribution in [1.82, 2.24) is 4.90 Å². The van der Waals surface area contributed by atoms with Crippen LogP contribution >= 0.6 is 15.9 Å². The van der Waals surface area contributed by atoms with E-state index in [1.165, 1.54) is 6.07 Å². The summed E-state index contributed by atoms with van der Waals surface area (Å²) in [6, 6.07) is 4.40. The summed E-state index contributed by atoms with van der Waals surface area (Å²) in [6.45, 7) is 6.00. The Bertz CT molecular complexity index is 412. The highest BCUT2D eigenvalue weighted by atomic mass is 79.9. The van der Waals surface area contributed by atoms with Crippen LogP contribution in [0.25, 0.3) is 0 Å². The number of carbonyl (C=O) groups is 1. The fourth-order valence-corrected chi connectivity index (χ4v) is 1.78.